The van der Waals surface area contributed by atoms with Crippen LogP contribution in [0.15, 0.2) is 69.9 Å². The maximum absolute atomic E-state index is 12.8. The van der Waals surface area contributed by atoms with Crippen molar-refractivity contribution in [1.29, 1.82) is 0 Å². The molecule has 4 aromatic rings. The van der Waals surface area contributed by atoms with E-state index in [-0.39, 0.29) is 12.2 Å². The maximum atomic E-state index is 12.8. The summed E-state index contributed by atoms with van der Waals surface area (Å²) in [6, 6.07) is 19.8. The van der Waals surface area contributed by atoms with Crippen LogP contribution in [0.2, 0.25) is 0 Å². The molecule has 5 heteroatoms. The van der Waals surface area contributed by atoms with Crippen molar-refractivity contribution in [2.45, 2.75) is 13.3 Å². The second kappa shape index (κ2) is 7.60. The first-order valence-electron chi connectivity index (χ1n) is 9.07. The van der Waals surface area contributed by atoms with Crippen LogP contribution in [0.5, 0.6) is 0 Å². The Balaban J connectivity index is 2.00. The molecule has 1 N–H and O–H groups in total. The lowest BCUT2D eigenvalue weighted by atomic mass is 9.93. The average molecular weight is 436 g/mol. The van der Waals surface area contributed by atoms with Crippen molar-refractivity contribution >= 4 is 43.6 Å². The zero-order valence-corrected chi connectivity index (χ0v) is 16.9. The molecule has 0 aliphatic rings. The standard InChI is InChI=1S/C23H18BrNO3/c1-2-28-23(27)20-18(17-11-6-12-19(24)21(17)25-22(20)26)13-15-9-5-8-14-7-3-4-10-16(14)15/h3-12H,2,13H2,1H3,(H,25,26). The van der Waals surface area contributed by atoms with Crippen molar-refractivity contribution in [1.82, 2.24) is 4.98 Å². The van der Waals surface area contributed by atoms with Gasteiger partial charge in [0.2, 0.25) is 0 Å². The van der Waals surface area contributed by atoms with Crippen molar-refractivity contribution < 1.29 is 9.53 Å². The molecule has 140 valence electrons. The van der Waals surface area contributed by atoms with Crippen LogP contribution in [0, 0.1) is 0 Å². The van der Waals surface area contributed by atoms with E-state index in [2.05, 4.69) is 39.1 Å². The number of fused-ring (bicyclic) bond motifs is 2. The first-order chi connectivity index (χ1) is 13.6. The molecule has 0 saturated heterocycles. The normalized spacial score (nSPS) is 11.1. The molecular formula is C23H18BrNO3. The van der Waals surface area contributed by atoms with Crippen LogP contribution in [0.25, 0.3) is 21.7 Å². The second-order valence-electron chi connectivity index (χ2n) is 6.51. The average Bonchev–Trinajstić information content (AvgIpc) is 2.69. The Bertz CT molecular complexity index is 1250. The van der Waals surface area contributed by atoms with Crippen LogP contribution in [0.4, 0.5) is 0 Å². The third kappa shape index (κ3) is 3.22. The number of hydrogen-bond acceptors (Lipinski definition) is 3. The van der Waals surface area contributed by atoms with Gasteiger partial charge in [0.15, 0.2) is 0 Å². The summed E-state index contributed by atoms with van der Waals surface area (Å²) in [5.74, 6) is -0.596. The summed E-state index contributed by atoms with van der Waals surface area (Å²) in [6.07, 6.45) is 0.451. The lowest BCUT2D eigenvalue weighted by molar-refractivity contribution is 0.0523. The fraction of sp³-hybridized carbons (Fsp3) is 0.130. The number of esters is 1. The van der Waals surface area contributed by atoms with Crippen molar-refractivity contribution in [2.24, 2.45) is 0 Å². The van der Waals surface area contributed by atoms with Gasteiger partial charge in [0.05, 0.1) is 12.1 Å². The summed E-state index contributed by atoms with van der Waals surface area (Å²) in [7, 11) is 0. The minimum atomic E-state index is -0.596. The summed E-state index contributed by atoms with van der Waals surface area (Å²) in [4.78, 5) is 28.2. The molecule has 4 nitrogen and oxygen atoms in total. The van der Waals surface area contributed by atoms with E-state index in [0.717, 1.165) is 26.2 Å². The van der Waals surface area contributed by atoms with Gasteiger partial charge in [-0.3, -0.25) is 4.79 Å². The highest BCUT2D eigenvalue weighted by Gasteiger charge is 2.22. The summed E-state index contributed by atoms with van der Waals surface area (Å²) in [6.45, 7) is 1.94. The summed E-state index contributed by atoms with van der Waals surface area (Å²) >= 11 is 3.50. The summed E-state index contributed by atoms with van der Waals surface area (Å²) < 4.78 is 5.96. The van der Waals surface area contributed by atoms with Gasteiger partial charge >= 0.3 is 5.97 Å². The van der Waals surface area contributed by atoms with Crippen molar-refractivity contribution in [3.05, 3.63) is 92.2 Å². The number of nitrogens with one attached hydrogen (secondary N) is 1. The van der Waals surface area contributed by atoms with Crippen LogP contribution in [0.1, 0.15) is 28.4 Å². The lowest BCUT2D eigenvalue weighted by Crippen LogP contribution is -2.23. The van der Waals surface area contributed by atoms with Crippen LogP contribution >= 0.6 is 15.9 Å². The number of ether oxygens (including phenoxy) is 1. The van der Waals surface area contributed by atoms with Gasteiger partial charge in [0.1, 0.15) is 5.56 Å². The molecule has 3 aromatic carbocycles. The number of para-hydroxylation sites is 1. The minimum absolute atomic E-state index is 0.0698. The fourth-order valence-electron chi connectivity index (χ4n) is 3.59. The summed E-state index contributed by atoms with van der Waals surface area (Å²) in [5, 5.41) is 3.04. The van der Waals surface area contributed by atoms with Crippen molar-refractivity contribution in [3.63, 3.8) is 0 Å². The molecule has 0 aliphatic heterocycles. The highest BCUT2D eigenvalue weighted by atomic mass is 79.9. The van der Waals surface area contributed by atoms with E-state index in [4.69, 9.17) is 4.74 Å². The smallest absolute Gasteiger partial charge is 0.344 e. The van der Waals surface area contributed by atoms with Crippen LogP contribution in [-0.4, -0.2) is 17.6 Å². The minimum Gasteiger partial charge on any atom is -0.462 e. The Hall–Kier alpha value is -2.92. The highest BCUT2D eigenvalue weighted by Crippen LogP contribution is 2.29. The zero-order chi connectivity index (χ0) is 19.7. The van der Waals surface area contributed by atoms with Gasteiger partial charge in [0.25, 0.3) is 5.56 Å². The van der Waals surface area contributed by atoms with E-state index in [9.17, 15) is 9.59 Å². The number of pyridine rings is 1. The van der Waals surface area contributed by atoms with Gasteiger partial charge < -0.3 is 9.72 Å². The number of H-pyrrole nitrogens is 1. The molecule has 28 heavy (non-hydrogen) atoms. The van der Waals surface area contributed by atoms with Crippen molar-refractivity contribution in [3.8, 4) is 0 Å². The molecule has 0 spiro atoms. The Morgan fingerprint density at radius 1 is 1.00 bits per heavy atom. The Labute approximate surface area is 170 Å². The number of aromatic amines is 1. The number of rotatable bonds is 4. The van der Waals surface area contributed by atoms with E-state index in [1.807, 2.05) is 42.5 Å². The summed E-state index contributed by atoms with van der Waals surface area (Å²) in [5.41, 5.74) is 2.04. The van der Waals surface area contributed by atoms with Gasteiger partial charge in [-0.25, -0.2) is 4.79 Å². The Kier molecular flexibility index (Phi) is 5.01. The predicted molar refractivity (Wildman–Crippen MR) is 115 cm³/mol. The highest BCUT2D eigenvalue weighted by molar-refractivity contribution is 9.10. The van der Waals surface area contributed by atoms with Crippen LogP contribution < -0.4 is 5.56 Å². The van der Waals surface area contributed by atoms with Gasteiger partial charge in [-0.2, -0.15) is 0 Å². The predicted octanol–water partition coefficient (Wildman–Crippen LogP) is 5.21. The number of benzene rings is 3. The molecular weight excluding hydrogens is 418 g/mol. The van der Waals surface area contributed by atoms with E-state index >= 15 is 0 Å². The molecule has 0 radical (unpaired) electrons. The SMILES string of the molecule is CCOC(=O)c1c(Cc2cccc3ccccc23)c2cccc(Br)c2[nH]c1=O. The number of aromatic nitrogens is 1. The molecule has 0 bridgehead atoms. The molecule has 0 fully saturated rings. The third-order valence-electron chi connectivity index (χ3n) is 4.83. The maximum Gasteiger partial charge on any atom is 0.344 e. The Morgan fingerprint density at radius 2 is 1.71 bits per heavy atom. The first-order valence-corrected chi connectivity index (χ1v) is 9.86. The van der Waals surface area contributed by atoms with Crippen LogP contribution in [0.3, 0.4) is 0 Å². The molecule has 4 rings (SSSR count). The molecule has 1 heterocycles. The zero-order valence-electron chi connectivity index (χ0n) is 15.3. The van der Waals surface area contributed by atoms with E-state index < -0.39 is 11.5 Å². The molecule has 0 amide bonds. The van der Waals surface area contributed by atoms with Gasteiger partial charge in [-0.05, 0) is 57.2 Å². The lowest BCUT2D eigenvalue weighted by Gasteiger charge is -2.14. The number of hydrogen-bond donors (Lipinski definition) is 1. The molecule has 0 unspecified atom stereocenters. The van der Waals surface area contributed by atoms with Crippen molar-refractivity contribution in [2.75, 3.05) is 6.61 Å². The molecule has 0 atom stereocenters. The second-order valence-corrected chi connectivity index (χ2v) is 7.36. The van der Waals surface area contributed by atoms with E-state index in [1.165, 1.54) is 0 Å². The largest absolute Gasteiger partial charge is 0.462 e. The number of carbonyl (C=O) groups is 1. The quantitative estimate of drug-likeness (QED) is 0.447. The fourth-order valence-corrected chi connectivity index (χ4v) is 4.06. The molecule has 1 aromatic heterocycles. The number of halogens is 1. The number of carbonyl (C=O) groups excluding carboxylic acids is 1. The molecule has 0 aliphatic carbocycles. The first kappa shape index (κ1) is 18.4. The van der Waals surface area contributed by atoms with Gasteiger partial charge in [-0.1, -0.05) is 54.6 Å². The monoisotopic (exact) mass is 435 g/mol. The van der Waals surface area contributed by atoms with Gasteiger partial charge in [-0.15, -0.1) is 0 Å². The van der Waals surface area contributed by atoms with E-state index in [1.54, 1.807) is 6.92 Å². The third-order valence-corrected chi connectivity index (χ3v) is 5.49. The van der Waals surface area contributed by atoms with Gasteiger partial charge in [0, 0.05) is 9.86 Å². The Morgan fingerprint density at radius 3 is 2.54 bits per heavy atom. The van der Waals surface area contributed by atoms with E-state index in [0.29, 0.717) is 17.5 Å². The molecule has 0 saturated carbocycles. The topological polar surface area (TPSA) is 59.2 Å². The van der Waals surface area contributed by atoms with Crippen LogP contribution in [-0.2, 0) is 11.2 Å².